The number of rotatable bonds is 2. The number of thiol groups is 1. The Hall–Kier alpha value is 1.17. The average molecular weight is 161 g/mol. The Morgan fingerprint density at radius 3 is 1.80 bits per heavy atom. The van der Waals surface area contributed by atoms with E-state index in [4.69, 9.17) is 0 Å². The summed E-state index contributed by atoms with van der Waals surface area (Å²) < 4.78 is 0. The Balaban J connectivity index is 4.37. The summed E-state index contributed by atoms with van der Waals surface area (Å²) in [6.07, 6.45) is 0.838. The molecule has 46 valence electrons. The summed E-state index contributed by atoms with van der Waals surface area (Å²) in [5.74, 6) is 0.865. The minimum absolute atomic E-state index is 0.190. The normalized spacial score (nSPS) is 12.4. The van der Waals surface area contributed by atoms with Crippen molar-refractivity contribution in [1.82, 2.24) is 0 Å². The van der Waals surface area contributed by atoms with Gasteiger partial charge in [-0.05, 0) is 0 Å². The molecule has 1 atom stereocenters. The Kier molecular flexibility index (Phi) is 6.45. The number of hydrogen-bond acceptors (Lipinski definition) is 0. The summed E-state index contributed by atoms with van der Waals surface area (Å²) in [6, 6.07) is 2.39. The average Bonchev–Trinajstić information content (AvgIpc) is 1.81. The van der Waals surface area contributed by atoms with Crippen LogP contribution in [0.25, 0.3) is 0 Å². The summed E-state index contributed by atoms with van der Waals surface area (Å²) in [7, 11) is 13.3. The molecule has 0 bridgehead atoms. The van der Waals surface area contributed by atoms with Crippen LogP contribution in [0.2, 0.25) is 0 Å². The fourth-order valence-corrected chi connectivity index (χ4v) is 5.09. The standard InChI is InChI=1S/B8H11PS/c1-6-10(8(4)5)9-7(2)3/h10H,1-5H2. The van der Waals surface area contributed by atoms with Gasteiger partial charge in [0.05, 0.1) is 0 Å². The van der Waals surface area contributed by atoms with E-state index in [0.29, 0.717) is 0 Å². The van der Waals surface area contributed by atoms with Crippen LogP contribution < -0.4 is 0 Å². The molecule has 0 spiro atoms. The maximum atomic E-state index is 2.39. The van der Waals surface area contributed by atoms with Crippen LogP contribution >= 0.6 is 7.23 Å². The molecule has 0 saturated carbocycles. The zero-order chi connectivity index (χ0) is 8.15. The van der Waals surface area contributed by atoms with Gasteiger partial charge in [0.25, 0.3) is 0 Å². The summed E-state index contributed by atoms with van der Waals surface area (Å²) in [6.45, 7) is 0. The molecule has 0 N–H and O–H groups in total. The zero-order valence-corrected chi connectivity index (χ0v) is 9.42. The second-order valence-electron chi connectivity index (χ2n) is 2.94. The molecule has 10 heavy (non-hydrogen) atoms. The minimum atomic E-state index is 0.190. The van der Waals surface area contributed by atoms with Crippen molar-refractivity contribution in [1.29, 1.82) is 0 Å². The first-order valence-corrected chi connectivity index (χ1v) is 7.01. The topological polar surface area (TPSA) is 0 Å². The van der Waals surface area contributed by atoms with E-state index < -0.39 is 0 Å². The molecule has 0 aliphatic heterocycles. The van der Waals surface area contributed by atoms with Crippen LogP contribution in [0.3, 0.4) is 0 Å². The zero-order valence-electron chi connectivity index (χ0n) is 7.63. The Morgan fingerprint density at radius 1 is 1.20 bits per heavy atom. The SMILES string of the molecule is B/B=[SH](=P\B(B)B)\B(B)B. The van der Waals surface area contributed by atoms with Gasteiger partial charge in [0.2, 0.25) is 0 Å². The van der Waals surface area contributed by atoms with Crippen LogP contribution in [0.5, 0.6) is 0 Å². The molecular formula is H11B8PS. The van der Waals surface area contributed by atoms with E-state index in [0.717, 1.165) is 12.0 Å². The van der Waals surface area contributed by atoms with Crippen molar-refractivity contribution in [2.45, 2.75) is 0 Å². The molecule has 0 rings (SSSR count). The molecule has 0 saturated heterocycles. The first-order chi connectivity index (χ1) is 4.57. The van der Waals surface area contributed by atoms with Crippen LogP contribution in [0.1, 0.15) is 0 Å². The van der Waals surface area contributed by atoms with Crippen molar-refractivity contribution in [3.05, 3.63) is 0 Å². The van der Waals surface area contributed by atoms with Gasteiger partial charge in [-0.2, -0.15) is 0 Å². The maximum absolute atomic E-state index is 2.39. The van der Waals surface area contributed by atoms with E-state index in [-0.39, 0.29) is 9.35 Å². The summed E-state index contributed by atoms with van der Waals surface area (Å²) in [5.41, 5.74) is 0. The number of hydrogen-bond donors (Lipinski definition) is 1. The van der Waals surface area contributed by atoms with E-state index in [1.165, 1.54) is 0 Å². The van der Waals surface area contributed by atoms with Gasteiger partial charge in [0.15, 0.2) is 0 Å². The van der Waals surface area contributed by atoms with Gasteiger partial charge in [-0.3, -0.25) is 0 Å². The van der Waals surface area contributed by atoms with Gasteiger partial charge in [-0.1, -0.05) is 0 Å². The van der Waals surface area contributed by atoms with Crippen LogP contribution in [0.15, 0.2) is 0 Å². The molecule has 10 heteroatoms. The fourth-order valence-electron chi connectivity index (χ4n) is 0.765. The third-order valence-corrected chi connectivity index (χ3v) is 7.74. The molecule has 0 aliphatic carbocycles. The monoisotopic (exact) mass is 162 g/mol. The molecule has 0 fully saturated rings. The third-order valence-electron chi connectivity index (χ3n) is 1.16. The van der Waals surface area contributed by atoms with E-state index in [9.17, 15) is 0 Å². The first-order valence-electron chi connectivity index (χ1n) is 3.86. The molecule has 0 radical (unpaired) electrons. The first kappa shape index (κ1) is 11.2. The fraction of sp³-hybridized carbons (Fsp3) is 0. The molecule has 1 unspecified atom stereocenters. The molecule has 0 aliphatic rings. The van der Waals surface area contributed by atoms with Crippen molar-refractivity contribution < 1.29 is 0 Å². The molecule has 0 aromatic rings. The second kappa shape index (κ2) is 5.77. The molecule has 0 aromatic carbocycles. The van der Waals surface area contributed by atoms with Crippen LogP contribution in [0, 0.1) is 0 Å². The van der Waals surface area contributed by atoms with E-state index >= 15 is 0 Å². The van der Waals surface area contributed by atoms with Gasteiger partial charge in [-0.25, -0.2) is 0 Å². The van der Waals surface area contributed by atoms with Crippen molar-refractivity contribution >= 4 is 73.3 Å². The van der Waals surface area contributed by atoms with Crippen molar-refractivity contribution in [2.24, 2.45) is 0 Å². The van der Waals surface area contributed by atoms with E-state index in [1.807, 2.05) is 0 Å². The van der Waals surface area contributed by atoms with Crippen LogP contribution in [-0.4, -0.2) is 56.7 Å². The predicted molar refractivity (Wildman–Crippen MR) is 75.7 cm³/mol. The molecule has 0 nitrogen and oxygen atoms in total. The van der Waals surface area contributed by atoms with Gasteiger partial charge < -0.3 is 0 Å². The van der Waals surface area contributed by atoms with E-state index in [1.54, 1.807) is 7.23 Å². The third kappa shape index (κ3) is 4.91. The van der Waals surface area contributed by atoms with Crippen molar-refractivity contribution in [3.8, 4) is 0 Å². The Morgan fingerprint density at radius 2 is 1.70 bits per heavy atom. The molecule has 0 aromatic heterocycles. The summed E-state index contributed by atoms with van der Waals surface area (Å²) in [4.78, 5) is 0. The Labute approximate surface area is 73.5 Å². The quantitative estimate of drug-likeness (QED) is 0.233. The van der Waals surface area contributed by atoms with Gasteiger partial charge in [-0.15, -0.1) is 0 Å². The molecular weight excluding hydrogens is 150 g/mol. The van der Waals surface area contributed by atoms with Gasteiger partial charge >= 0.3 is 73.3 Å². The molecule has 0 amide bonds. The van der Waals surface area contributed by atoms with Crippen molar-refractivity contribution in [3.63, 3.8) is 0 Å². The summed E-state index contributed by atoms with van der Waals surface area (Å²) in [5, 5.41) is 0. The van der Waals surface area contributed by atoms with Gasteiger partial charge in [0, 0.05) is 0 Å². The van der Waals surface area contributed by atoms with Crippen molar-refractivity contribution in [2.75, 3.05) is 0 Å². The van der Waals surface area contributed by atoms with Gasteiger partial charge in [0.1, 0.15) is 0 Å². The van der Waals surface area contributed by atoms with E-state index in [2.05, 4.69) is 44.7 Å². The summed E-state index contributed by atoms with van der Waals surface area (Å²) >= 11 is 0. The second-order valence-corrected chi connectivity index (χ2v) is 8.59. The Bertz CT molecular complexity index is 162. The van der Waals surface area contributed by atoms with Crippen LogP contribution in [0.4, 0.5) is 0 Å². The predicted octanol–water partition coefficient (Wildman–Crippen LogP) is -5.13. The van der Waals surface area contributed by atoms with Crippen LogP contribution in [-0.2, 0) is 9.35 Å². The molecule has 0 heterocycles.